The smallest absolute Gasteiger partial charge is 0.277 e. The third kappa shape index (κ3) is 4.27. The van der Waals surface area contributed by atoms with E-state index < -0.39 is 11.7 Å². The Morgan fingerprint density at radius 3 is 2.71 bits per heavy atom. The fourth-order valence-electron chi connectivity index (χ4n) is 3.78. The Hall–Kier alpha value is -3.69. The molecule has 3 aliphatic rings. The molecule has 162 valence electrons. The molecule has 0 bridgehead atoms. The van der Waals surface area contributed by atoms with Crippen molar-refractivity contribution >= 4 is 23.4 Å². The summed E-state index contributed by atoms with van der Waals surface area (Å²) in [6, 6.07) is 1.22. The number of amides is 3. The van der Waals surface area contributed by atoms with Gasteiger partial charge in [0.05, 0.1) is 12.7 Å². The van der Waals surface area contributed by atoms with Crippen molar-refractivity contribution in [3.05, 3.63) is 59.1 Å². The normalized spacial score (nSPS) is 19.8. The van der Waals surface area contributed by atoms with Crippen LogP contribution >= 0.6 is 0 Å². The molecule has 1 aliphatic carbocycles. The maximum absolute atomic E-state index is 13.2. The molecule has 0 spiro atoms. The quantitative estimate of drug-likeness (QED) is 0.440. The molecule has 0 atom stereocenters. The molecule has 4 rings (SSSR count). The maximum atomic E-state index is 13.2. The van der Waals surface area contributed by atoms with Gasteiger partial charge >= 0.3 is 0 Å². The highest BCUT2D eigenvalue weighted by Crippen LogP contribution is 2.38. The van der Waals surface area contributed by atoms with Gasteiger partial charge in [0.2, 0.25) is 5.91 Å². The van der Waals surface area contributed by atoms with Gasteiger partial charge in [-0.15, -0.1) is 0 Å². The number of nitrogens with zero attached hydrogens (tertiary/aromatic N) is 3. The zero-order chi connectivity index (χ0) is 22.1. The predicted molar refractivity (Wildman–Crippen MR) is 109 cm³/mol. The molecular weight excluding hydrogens is 403 g/mol. The van der Waals surface area contributed by atoms with E-state index in [0.29, 0.717) is 36.2 Å². The number of halogens is 1. The summed E-state index contributed by atoms with van der Waals surface area (Å²) >= 11 is 0. The number of carbonyl (C=O) groups is 3. The number of hydrogen-bond donors (Lipinski definition) is 3. The van der Waals surface area contributed by atoms with E-state index in [1.165, 1.54) is 29.3 Å². The van der Waals surface area contributed by atoms with Crippen LogP contribution in [-0.2, 0) is 14.4 Å². The number of hydrogen-bond acceptors (Lipinski definition) is 7. The zero-order valence-corrected chi connectivity index (χ0v) is 16.8. The van der Waals surface area contributed by atoms with Crippen LogP contribution in [0.3, 0.4) is 0 Å². The molecule has 1 aromatic rings. The standard InChI is InChI=1S/C21H23FN6O3/c22-13-8-12(9-25-10-13)16(23)5-6-17(24)26-18(29)11-27-7-1-2-15-19(27)21(31)28(20(15)30)14-3-4-14/h5-6,8-10,14H,1-4,7,11,23-24H2,(H,26,29)/b16-5-,17-6+. The Morgan fingerprint density at radius 2 is 2.00 bits per heavy atom. The van der Waals surface area contributed by atoms with E-state index in [1.807, 2.05) is 0 Å². The second-order valence-electron chi connectivity index (χ2n) is 7.75. The van der Waals surface area contributed by atoms with Gasteiger partial charge in [-0.05, 0) is 43.9 Å². The fourth-order valence-corrected chi connectivity index (χ4v) is 3.78. The molecule has 0 aromatic carbocycles. The van der Waals surface area contributed by atoms with Crippen LogP contribution in [0.15, 0.2) is 47.7 Å². The van der Waals surface area contributed by atoms with E-state index in [0.717, 1.165) is 19.0 Å². The number of aromatic nitrogens is 1. The first-order valence-electron chi connectivity index (χ1n) is 10.0. The first-order chi connectivity index (χ1) is 14.8. The van der Waals surface area contributed by atoms with Crippen LogP contribution in [0.5, 0.6) is 0 Å². The van der Waals surface area contributed by atoms with Gasteiger partial charge in [0, 0.05) is 35.6 Å². The van der Waals surface area contributed by atoms with E-state index in [9.17, 15) is 18.8 Å². The second-order valence-corrected chi connectivity index (χ2v) is 7.75. The summed E-state index contributed by atoms with van der Waals surface area (Å²) in [6.07, 6.45) is 8.19. The average molecular weight is 426 g/mol. The summed E-state index contributed by atoms with van der Waals surface area (Å²) in [7, 11) is 0. The van der Waals surface area contributed by atoms with Gasteiger partial charge in [-0.2, -0.15) is 0 Å². The lowest BCUT2D eigenvalue weighted by molar-refractivity contribution is -0.138. The molecule has 5 N–H and O–H groups in total. The third-order valence-electron chi connectivity index (χ3n) is 5.37. The van der Waals surface area contributed by atoms with Crippen LogP contribution in [0.2, 0.25) is 0 Å². The topological polar surface area (TPSA) is 135 Å². The minimum atomic E-state index is -0.519. The van der Waals surface area contributed by atoms with E-state index in [4.69, 9.17) is 11.5 Å². The number of nitrogens with one attached hydrogen (secondary N) is 1. The number of nitrogens with two attached hydrogens (primary N) is 2. The molecule has 1 saturated carbocycles. The molecule has 2 aliphatic heterocycles. The minimum absolute atomic E-state index is 0.00890. The summed E-state index contributed by atoms with van der Waals surface area (Å²) < 4.78 is 13.2. The lowest BCUT2D eigenvalue weighted by Crippen LogP contribution is -2.42. The SMILES string of the molecule is N/C(=C\C=C(/N)NC(=O)CN1CCCC2=C1C(=O)N(C1CC1)C2=O)c1cncc(F)c1. The maximum Gasteiger partial charge on any atom is 0.277 e. The molecule has 3 heterocycles. The molecule has 10 heteroatoms. The summed E-state index contributed by atoms with van der Waals surface area (Å²) in [5.74, 6) is -1.43. The van der Waals surface area contributed by atoms with Crippen molar-refractivity contribution in [1.29, 1.82) is 0 Å². The first kappa shape index (κ1) is 20.6. The molecular formula is C21H23FN6O3. The third-order valence-corrected chi connectivity index (χ3v) is 5.37. The Morgan fingerprint density at radius 1 is 1.23 bits per heavy atom. The van der Waals surface area contributed by atoms with Gasteiger partial charge < -0.3 is 21.7 Å². The number of pyridine rings is 1. The van der Waals surface area contributed by atoms with Crippen molar-refractivity contribution in [2.75, 3.05) is 13.1 Å². The largest absolute Gasteiger partial charge is 0.398 e. The summed E-state index contributed by atoms with van der Waals surface area (Å²) in [5.41, 5.74) is 13.2. The fraction of sp³-hybridized carbons (Fsp3) is 0.333. The summed E-state index contributed by atoms with van der Waals surface area (Å²) in [5, 5.41) is 2.53. The van der Waals surface area contributed by atoms with Gasteiger partial charge in [0.15, 0.2) is 0 Å². The lowest BCUT2D eigenvalue weighted by Gasteiger charge is -2.28. The molecule has 0 unspecified atom stereocenters. The van der Waals surface area contributed by atoms with Crippen LogP contribution in [0.1, 0.15) is 31.2 Å². The highest BCUT2D eigenvalue weighted by atomic mass is 19.1. The van der Waals surface area contributed by atoms with Crippen molar-refractivity contribution in [3.63, 3.8) is 0 Å². The molecule has 0 saturated heterocycles. The number of carbonyl (C=O) groups excluding carboxylic acids is 3. The molecule has 0 radical (unpaired) electrons. The number of rotatable bonds is 6. The number of imide groups is 1. The van der Waals surface area contributed by atoms with Gasteiger partial charge in [-0.1, -0.05) is 0 Å². The highest BCUT2D eigenvalue weighted by molar-refractivity contribution is 6.19. The molecule has 1 fully saturated rings. The lowest BCUT2D eigenvalue weighted by atomic mass is 10.0. The van der Waals surface area contributed by atoms with E-state index in [1.54, 1.807) is 4.90 Å². The van der Waals surface area contributed by atoms with Crippen molar-refractivity contribution < 1.29 is 18.8 Å². The van der Waals surface area contributed by atoms with E-state index in [2.05, 4.69) is 10.3 Å². The van der Waals surface area contributed by atoms with E-state index in [-0.39, 0.29) is 35.9 Å². The van der Waals surface area contributed by atoms with Crippen molar-refractivity contribution in [2.45, 2.75) is 31.7 Å². The second kappa shape index (κ2) is 8.21. The van der Waals surface area contributed by atoms with Crippen molar-refractivity contribution in [3.8, 4) is 0 Å². The Kier molecular flexibility index (Phi) is 5.45. The van der Waals surface area contributed by atoms with Gasteiger partial charge in [0.1, 0.15) is 17.3 Å². The number of allylic oxidation sites excluding steroid dienone is 2. The Bertz CT molecular complexity index is 1040. The Labute approximate surface area is 178 Å². The van der Waals surface area contributed by atoms with Crippen LogP contribution in [0, 0.1) is 5.82 Å². The first-order valence-corrected chi connectivity index (χ1v) is 10.0. The predicted octanol–water partition coefficient (Wildman–Crippen LogP) is 0.318. The van der Waals surface area contributed by atoms with E-state index >= 15 is 0 Å². The van der Waals surface area contributed by atoms with Crippen molar-refractivity contribution in [2.24, 2.45) is 11.5 Å². The zero-order valence-electron chi connectivity index (χ0n) is 16.8. The summed E-state index contributed by atoms with van der Waals surface area (Å²) in [6.45, 7) is 0.407. The van der Waals surface area contributed by atoms with Gasteiger partial charge in [-0.25, -0.2) is 4.39 Å². The van der Waals surface area contributed by atoms with Crippen LogP contribution in [-0.4, -0.2) is 51.6 Å². The van der Waals surface area contributed by atoms with Gasteiger partial charge in [-0.3, -0.25) is 24.3 Å². The van der Waals surface area contributed by atoms with Crippen LogP contribution in [0.4, 0.5) is 4.39 Å². The molecule has 3 amide bonds. The minimum Gasteiger partial charge on any atom is -0.398 e. The monoisotopic (exact) mass is 426 g/mol. The average Bonchev–Trinajstić information content (AvgIpc) is 3.52. The van der Waals surface area contributed by atoms with Crippen LogP contribution < -0.4 is 16.8 Å². The molecule has 31 heavy (non-hydrogen) atoms. The van der Waals surface area contributed by atoms with Gasteiger partial charge in [0.25, 0.3) is 11.8 Å². The highest BCUT2D eigenvalue weighted by Gasteiger charge is 2.48. The molecule has 1 aromatic heterocycles. The Balaban J connectivity index is 1.40. The molecule has 9 nitrogen and oxygen atoms in total. The van der Waals surface area contributed by atoms with Crippen LogP contribution in [0.25, 0.3) is 5.70 Å². The summed E-state index contributed by atoms with van der Waals surface area (Å²) in [4.78, 5) is 44.5. The van der Waals surface area contributed by atoms with Crippen molar-refractivity contribution in [1.82, 2.24) is 20.1 Å².